The molecule has 1 unspecified atom stereocenters. The van der Waals surface area contributed by atoms with E-state index in [0.29, 0.717) is 6.04 Å². The average molecular weight is 378 g/mol. The van der Waals surface area contributed by atoms with Crippen LogP contribution in [0.5, 0.6) is 5.75 Å². The van der Waals surface area contributed by atoms with Crippen molar-refractivity contribution in [2.45, 2.75) is 32.7 Å². The summed E-state index contributed by atoms with van der Waals surface area (Å²) in [6.07, 6.45) is 2.31. The Morgan fingerprint density at radius 3 is 2.61 bits per heavy atom. The fraction of sp³-hybridized carbons (Fsp3) is 0.375. The summed E-state index contributed by atoms with van der Waals surface area (Å²) in [7, 11) is 3.87. The standard InChI is InChI=1S/C24H31N3O/c1-5-27(3)15-9-10-18(2)25-24-17-22(19-11-7-6-8-12-19)26-23-16-20(28-4)13-14-21(23)24/h6-8,11-14,16-18H,5,9-10,15H2,1-4H3,(H,25,26). The van der Waals surface area contributed by atoms with Crippen molar-refractivity contribution in [3.05, 3.63) is 54.6 Å². The van der Waals surface area contributed by atoms with Gasteiger partial charge >= 0.3 is 0 Å². The first-order chi connectivity index (χ1) is 13.6. The van der Waals surface area contributed by atoms with Crippen LogP contribution in [-0.4, -0.2) is 43.2 Å². The van der Waals surface area contributed by atoms with Gasteiger partial charge in [0.05, 0.1) is 18.3 Å². The van der Waals surface area contributed by atoms with Crippen LogP contribution >= 0.6 is 0 Å². The van der Waals surface area contributed by atoms with E-state index in [1.165, 1.54) is 6.42 Å². The third-order valence-corrected chi connectivity index (χ3v) is 5.21. The molecule has 0 aliphatic rings. The zero-order valence-electron chi connectivity index (χ0n) is 17.4. The summed E-state index contributed by atoms with van der Waals surface area (Å²) < 4.78 is 5.41. The second kappa shape index (κ2) is 9.56. The van der Waals surface area contributed by atoms with Crippen LogP contribution in [0, 0.1) is 0 Å². The quantitative estimate of drug-likeness (QED) is 0.538. The molecule has 1 atom stereocenters. The molecule has 4 nitrogen and oxygen atoms in total. The first kappa shape index (κ1) is 20.2. The SMILES string of the molecule is CCN(C)CCCC(C)Nc1cc(-c2ccccc2)nc2cc(OC)ccc12. The molecular formula is C24H31N3O. The van der Waals surface area contributed by atoms with Crippen molar-refractivity contribution in [3.63, 3.8) is 0 Å². The van der Waals surface area contributed by atoms with Gasteiger partial charge in [0.1, 0.15) is 5.75 Å². The van der Waals surface area contributed by atoms with Crippen LogP contribution in [0.15, 0.2) is 54.6 Å². The molecule has 0 aliphatic heterocycles. The number of benzene rings is 2. The maximum Gasteiger partial charge on any atom is 0.121 e. The van der Waals surface area contributed by atoms with Crippen LogP contribution in [0.3, 0.4) is 0 Å². The monoisotopic (exact) mass is 377 g/mol. The van der Waals surface area contributed by atoms with Crippen molar-refractivity contribution in [2.75, 3.05) is 32.6 Å². The Balaban J connectivity index is 1.89. The number of ether oxygens (including phenoxy) is 1. The van der Waals surface area contributed by atoms with Crippen molar-refractivity contribution in [1.82, 2.24) is 9.88 Å². The Labute approximate surface area is 168 Å². The van der Waals surface area contributed by atoms with E-state index in [0.717, 1.165) is 53.1 Å². The lowest BCUT2D eigenvalue weighted by atomic mass is 10.1. The molecule has 0 bridgehead atoms. The Morgan fingerprint density at radius 2 is 1.89 bits per heavy atom. The molecule has 2 aromatic carbocycles. The molecule has 0 saturated carbocycles. The average Bonchev–Trinajstić information content (AvgIpc) is 2.73. The molecule has 148 valence electrons. The number of nitrogens with one attached hydrogen (secondary N) is 1. The number of aromatic nitrogens is 1. The molecule has 1 heterocycles. The van der Waals surface area contributed by atoms with Gasteiger partial charge in [-0.25, -0.2) is 4.98 Å². The van der Waals surface area contributed by atoms with Gasteiger partial charge in [-0.2, -0.15) is 0 Å². The highest BCUT2D eigenvalue weighted by molar-refractivity contribution is 5.94. The molecule has 0 radical (unpaired) electrons. The Morgan fingerprint density at radius 1 is 1.11 bits per heavy atom. The van der Waals surface area contributed by atoms with Gasteiger partial charge in [0.25, 0.3) is 0 Å². The highest BCUT2D eigenvalue weighted by Crippen LogP contribution is 2.31. The van der Waals surface area contributed by atoms with Crippen LogP contribution in [-0.2, 0) is 0 Å². The van der Waals surface area contributed by atoms with Crippen LogP contribution in [0.2, 0.25) is 0 Å². The van der Waals surface area contributed by atoms with Crippen molar-refractivity contribution in [2.24, 2.45) is 0 Å². The number of hydrogen-bond donors (Lipinski definition) is 1. The molecule has 3 rings (SSSR count). The number of pyridine rings is 1. The summed E-state index contributed by atoms with van der Waals surface area (Å²) in [5.74, 6) is 0.826. The van der Waals surface area contributed by atoms with E-state index >= 15 is 0 Å². The lowest BCUT2D eigenvalue weighted by Gasteiger charge is -2.20. The van der Waals surface area contributed by atoms with Gasteiger partial charge in [-0.1, -0.05) is 37.3 Å². The summed E-state index contributed by atoms with van der Waals surface area (Å²) >= 11 is 0. The highest BCUT2D eigenvalue weighted by Gasteiger charge is 2.11. The molecule has 0 aliphatic carbocycles. The molecule has 28 heavy (non-hydrogen) atoms. The number of fused-ring (bicyclic) bond motifs is 1. The second-order valence-corrected chi connectivity index (χ2v) is 7.39. The third kappa shape index (κ3) is 5.02. The molecule has 0 saturated heterocycles. The van der Waals surface area contributed by atoms with E-state index in [1.54, 1.807) is 7.11 Å². The number of methoxy groups -OCH3 is 1. The van der Waals surface area contributed by atoms with E-state index in [1.807, 2.05) is 30.3 Å². The topological polar surface area (TPSA) is 37.4 Å². The number of nitrogens with zero attached hydrogens (tertiary/aromatic N) is 2. The molecule has 0 spiro atoms. The van der Waals surface area contributed by atoms with Crippen LogP contribution in [0.25, 0.3) is 22.2 Å². The predicted octanol–water partition coefficient (Wildman–Crippen LogP) is 5.44. The minimum Gasteiger partial charge on any atom is -0.497 e. The van der Waals surface area contributed by atoms with Gasteiger partial charge in [-0.05, 0) is 58.1 Å². The van der Waals surface area contributed by atoms with E-state index in [4.69, 9.17) is 9.72 Å². The van der Waals surface area contributed by atoms with Crippen LogP contribution in [0.4, 0.5) is 5.69 Å². The number of hydrogen-bond acceptors (Lipinski definition) is 4. The molecule has 0 fully saturated rings. The highest BCUT2D eigenvalue weighted by atomic mass is 16.5. The fourth-order valence-corrected chi connectivity index (χ4v) is 3.37. The molecular weight excluding hydrogens is 346 g/mol. The zero-order valence-corrected chi connectivity index (χ0v) is 17.4. The summed E-state index contributed by atoms with van der Waals surface area (Å²) in [5, 5.41) is 4.85. The smallest absolute Gasteiger partial charge is 0.121 e. The van der Waals surface area contributed by atoms with Gasteiger partial charge in [0.15, 0.2) is 0 Å². The van der Waals surface area contributed by atoms with Gasteiger partial charge < -0.3 is 15.0 Å². The molecule has 1 N–H and O–H groups in total. The number of anilines is 1. The molecule has 3 aromatic rings. The zero-order chi connectivity index (χ0) is 19.9. The Bertz CT molecular complexity index is 895. The minimum atomic E-state index is 0.390. The molecule has 4 heteroatoms. The van der Waals surface area contributed by atoms with Gasteiger partial charge in [-0.3, -0.25) is 0 Å². The first-order valence-electron chi connectivity index (χ1n) is 10.1. The summed E-state index contributed by atoms with van der Waals surface area (Å²) in [4.78, 5) is 7.25. The van der Waals surface area contributed by atoms with Crippen LogP contribution < -0.4 is 10.1 Å². The largest absolute Gasteiger partial charge is 0.497 e. The van der Waals surface area contributed by atoms with Crippen molar-refractivity contribution in [3.8, 4) is 17.0 Å². The predicted molar refractivity (Wildman–Crippen MR) is 119 cm³/mol. The van der Waals surface area contributed by atoms with Crippen molar-refractivity contribution in [1.29, 1.82) is 0 Å². The molecule has 1 aromatic heterocycles. The summed E-state index contributed by atoms with van der Waals surface area (Å²) in [6, 6.07) is 19.0. The van der Waals surface area contributed by atoms with E-state index in [9.17, 15) is 0 Å². The fourth-order valence-electron chi connectivity index (χ4n) is 3.37. The Hall–Kier alpha value is -2.59. The maximum atomic E-state index is 5.41. The Kier molecular flexibility index (Phi) is 6.88. The lowest BCUT2D eigenvalue weighted by Crippen LogP contribution is -2.22. The second-order valence-electron chi connectivity index (χ2n) is 7.39. The van der Waals surface area contributed by atoms with Crippen molar-refractivity contribution < 1.29 is 4.74 Å². The van der Waals surface area contributed by atoms with Crippen LogP contribution in [0.1, 0.15) is 26.7 Å². The molecule has 0 amide bonds. The maximum absolute atomic E-state index is 5.41. The summed E-state index contributed by atoms with van der Waals surface area (Å²) in [6.45, 7) is 6.68. The van der Waals surface area contributed by atoms with Gasteiger partial charge in [0.2, 0.25) is 0 Å². The van der Waals surface area contributed by atoms with Gasteiger partial charge in [0, 0.05) is 28.7 Å². The lowest BCUT2D eigenvalue weighted by molar-refractivity contribution is 0.340. The van der Waals surface area contributed by atoms with E-state index in [-0.39, 0.29) is 0 Å². The summed E-state index contributed by atoms with van der Waals surface area (Å²) in [5.41, 5.74) is 4.17. The van der Waals surface area contributed by atoms with E-state index < -0.39 is 0 Å². The van der Waals surface area contributed by atoms with Gasteiger partial charge in [-0.15, -0.1) is 0 Å². The minimum absolute atomic E-state index is 0.390. The number of rotatable bonds is 9. The first-order valence-corrected chi connectivity index (χ1v) is 10.1. The van der Waals surface area contributed by atoms with E-state index in [2.05, 4.69) is 55.4 Å². The van der Waals surface area contributed by atoms with Crippen molar-refractivity contribution >= 4 is 16.6 Å². The normalized spacial score (nSPS) is 12.3. The third-order valence-electron chi connectivity index (χ3n) is 5.21.